The van der Waals surface area contributed by atoms with Gasteiger partial charge in [-0.2, -0.15) is 0 Å². The summed E-state index contributed by atoms with van der Waals surface area (Å²) in [5.41, 5.74) is 8.15. The van der Waals surface area contributed by atoms with Crippen LogP contribution in [0.1, 0.15) is 31.7 Å². The summed E-state index contributed by atoms with van der Waals surface area (Å²) in [7, 11) is 0. The van der Waals surface area contributed by atoms with E-state index in [2.05, 4.69) is 39.5 Å². The van der Waals surface area contributed by atoms with Crippen LogP contribution in [-0.2, 0) is 4.79 Å². The Bertz CT molecular complexity index is 612. The number of unbranched alkanes of at least 4 members (excludes halogenated alkanes) is 1. The van der Waals surface area contributed by atoms with Crippen molar-refractivity contribution < 1.29 is 9.59 Å². The van der Waals surface area contributed by atoms with Crippen LogP contribution in [-0.4, -0.2) is 56.1 Å². The summed E-state index contributed by atoms with van der Waals surface area (Å²) in [5, 5.41) is 5.50. The van der Waals surface area contributed by atoms with Gasteiger partial charge in [-0.25, -0.2) is 4.79 Å². The normalized spacial score (nSPS) is 14.9. The van der Waals surface area contributed by atoms with Crippen LogP contribution in [0.3, 0.4) is 0 Å². The number of urea groups is 1. The van der Waals surface area contributed by atoms with Crippen LogP contribution in [0, 0.1) is 6.92 Å². The molecular formula is C19H31N5O2. The summed E-state index contributed by atoms with van der Waals surface area (Å²) in [6.45, 7) is 10.1. The first kappa shape index (κ1) is 20.0. The van der Waals surface area contributed by atoms with Crippen LogP contribution in [0.4, 0.5) is 16.2 Å². The van der Waals surface area contributed by atoms with Crippen molar-refractivity contribution in [1.82, 2.24) is 10.2 Å². The zero-order valence-electron chi connectivity index (χ0n) is 15.9. The Labute approximate surface area is 155 Å². The quantitative estimate of drug-likeness (QED) is 0.617. The van der Waals surface area contributed by atoms with E-state index in [1.807, 2.05) is 13.0 Å². The molecule has 0 saturated carbocycles. The summed E-state index contributed by atoms with van der Waals surface area (Å²) in [4.78, 5) is 27.5. The Morgan fingerprint density at radius 3 is 2.50 bits per heavy atom. The summed E-state index contributed by atoms with van der Waals surface area (Å²) in [5.74, 6) is -0.00325. The van der Waals surface area contributed by atoms with Gasteiger partial charge in [0.15, 0.2) is 0 Å². The van der Waals surface area contributed by atoms with Crippen LogP contribution in [0.25, 0.3) is 0 Å². The number of hydrogen-bond acceptors (Lipinski definition) is 4. The largest absolute Gasteiger partial charge is 0.369 e. The molecule has 26 heavy (non-hydrogen) atoms. The van der Waals surface area contributed by atoms with Crippen molar-refractivity contribution in [3.63, 3.8) is 0 Å². The lowest BCUT2D eigenvalue weighted by Gasteiger charge is -2.35. The average molecular weight is 361 g/mol. The number of amides is 3. The molecule has 0 aliphatic carbocycles. The second kappa shape index (κ2) is 10.0. The number of nitrogens with two attached hydrogens (primary N) is 1. The summed E-state index contributed by atoms with van der Waals surface area (Å²) >= 11 is 0. The molecule has 0 radical (unpaired) electrons. The number of rotatable bonds is 8. The molecule has 7 nitrogen and oxygen atoms in total. The van der Waals surface area contributed by atoms with Crippen molar-refractivity contribution >= 4 is 23.3 Å². The average Bonchev–Trinajstić information content (AvgIpc) is 2.63. The van der Waals surface area contributed by atoms with Gasteiger partial charge < -0.3 is 26.2 Å². The first-order chi connectivity index (χ1) is 12.5. The van der Waals surface area contributed by atoms with Gasteiger partial charge in [0.25, 0.3) is 0 Å². The van der Waals surface area contributed by atoms with E-state index >= 15 is 0 Å². The standard InChI is InChI=1S/C19H31N5O2/c1-3-23-10-12-24(13-11-23)16-7-8-17(15(2)14-16)22-18(25)6-4-5-9-21-19(20)26/h7-8,14H,3-6,9-13H2,1-2H3,(H,22,25)(H3,20,21,26). The molecule has 0 aromatic heterocycles. The summed E-state index contributed by atoms with van der Waals surface area (Å²) in [6, 6.07) is 5.69. The van der Waals surface area contributed by atoms with Crippen LogP contribution >= 0.6 is 0 Å². The molecule has 0 atom stereocenters. The van der Waals surface area contributed by atoms with Crippen LogP contribution < -0.4 is 21.3 Å². The van der Waals surface area contributed by atoms with E-state index in [-0.39, 0.29) is 5.91 Å². The summed E-state index contributed by atoms with van der Waals surface area (Å²) < 4.78 is 0. The molecule has 1 saturated heterocycles. The predicted octanol–water partition coefficient (Wildman–Crippen LogP) is 1.91. The van der Waals surface area contributed by atoms with Crippen molar-refractivity contribution in [3.05, 3.63) is 23.8 Å². The molecule has 2 rings (SSSR count). The molecule has 1 fully saturated rings. The fourth-order valence-corrected chi connectivity index (χ4v) is 3.14. The minimum atomic E-state index is -0.527. The highest BCUT2D eigenvalue weighted by molar-refractivity contribution is 5.91. The second-order valence-electron chi connectivity index (χ2n) is 6.72. The van der Waals surface area contributed by atoms with E-state index in [1.165, 1.54) is 5.69 Å². The van der Waals surface area contributed by atoms with Gasteiger partial charge in [0.1, 0.15) is 0 Å². The number of likely N-dealkylation sites (N-methyl/N-ethyl adjacent to an activating group) is 1. The van der Waals surface area contributed by atoms with E-state index in [0.29, 0.717) is 19.4 Å². The Hall–Kier alpha value is -2.28. The minimum Gasteiger partial charge on any atom is -0.369 e. The highest BCUT2D eigenvalue weighted by Crippen LogP contribution is 2.24. The third kappa shape index (κ3) is 6.22. The molecule has 1 aliphatic rings. The predicted molar refractivity (Wildman–Crippen MR) is 106 cm³/mol. The number of carbonyl (C=O) groups excluding carboxylic acids is 2. The van der Waals surface area contributed by atoms with Gasteiger partial charge in [0.05, 0.1) is 0 Å². The van der Waals surface area contributed by atoms with Crippen LogP contribution in [0.15, 0.2) is 18.2 Å². The maximum Gasteiger partial charge on any atom is 0.312 e. The maximum absolute atomic E-state index is 12.1. The van der Waals surface area contributed by atoms with Crippen molar-refractivity contribution in [2.24, 2.45) is 5.73 Å². The second-order valence-corrected chi connectivity index (χ2v) is 6.72. The molecule has 7 heteroatoms. The van der Waals surface area contributed by atoms with Crippen molar-refractivity contribution in [1.29, 1.82) is 0 Å². The lowest BCUT2D eigenvalue weighted by atomic mass is 10.1. The fourth-order valence-electron chi connectivity index (χ4n) is 3.14. The van der Waals surface area contributed by atoms with E-state index in [4.69, 9.17) is 5.73 Å². The molecule has 0 unspecified atom stereocenters. The smallest absolute Gasteiger partial charge is 0.312 e. The lowest BCUT2D eigenvalue weighted by molar-refractivity contribution is -0.116. The Balaban J connectivity index is 1.80. The van der Waals surface area contributed by atoms with Gasteiger partial charge in [0, 0.05) is 50.5 Å². The van der Waals surface area contributed by atoms with Crippen LogP contribution in [0.2, 0.25) is 0 Å². The molecule has 0 bridgehead atoms. The minimum absolute atomic E-state index is 0.00325. The SMILES string of the molecule is CCN1CCN(c2ccc(NC(=O)CCCCNC(N)=O)c(C)c2)CC1. The first-order valence-corrected chi connectivity index (χ1v) is 9.40. The van der Waals surface area contributed by atoms with Crippen molar-refractivity contribution in [2.75, 3.05) is 49.5 Å². The molecular weight excluding hydrogens is 330 g/mol. The maximum atomic E-state index is 12.1. The summed E-state index contributed by atoms with van der Waals surface area (Å²) in [6.07, 6.45) is 1.88. The number of aryl methyl sites for hydroxylation is 1. The van der Waals surface area contributed by atoms with E-state index in [9.17, 15) is 9.59 Å². The lowest BCUT2D eigenvalue weighted by Crippen LogP contribution is -2.46. The van der Waals surface area contributed by atoms with Gasteiger partial charge in [0.2, 0.25) is 5.91 Å². The fraction of sp³-hybridized carbons (Fsp3) is 0.579. The number of primary amides is 1. The number of anilines is 2. The number of carbonyl (C=O) groups is 2. The van der Waals surface area contributed by atoms with E-state index in [1.54, 1.807) is 0 Å². The zero-order valence-corrected chi connectivity index (χ0v) is 15.9. The first-order valence-electron chi connectivity index (χ1n) is 9.40. The number of piperazine rings is 1. The molecule has 1 aliphatic heterocycles. The Kier molecular flexibility index (Phi) is 7.72. The van der Waals surface area contributed by atoms with Crippen molar-refractivity contribution in [3.8, 4) is 0 Å². The topological polar surface area (TPSA) is 90.7 Å². The highest BCUT2D eigenvalue weighted by Gasteiger charge is 2.16. The zero-order chi connectivity index (χ0) is 18.9. The molecule has 144 valence electrons. The van der Waals surface area contributed by atoms with Crippen LogP contribution in [0.5, 0.6) is 0 Å². The molecule has 1 aromatic rings. The molecule has 3 amide bonds. The van der Waals surface area contributed by atoms with E-state index < -0.39 is 6.03 Å². The molecule has 4 N–H and O–H groups in total. The highest BCUT2D eigenvalue weighted by atomic mass is 16.2. The molecule has 1 aromatic carbocycles. The Morgan fingerprint density at radius 1 is 1.15 bits per heavy atom. The van der Waals surface area contributed by atoms with Gasteiger partial charge >= 0.3 is 6.03 Å². The van der Waals surface area contributed by atoms with E-state index in [0.717, 1.165) is 50.4 Å². The molecule has 0 spiro atoms. The van der Waals surface area contributed by atoms with Gasteiger partial charge in [-0.1, -0.05) is 6.92 Å². The number of benzene rings is 1. The number of nitrogens with one attached hydrogen (secondary N) is 2. The third-order valence-electron chi connectivity index (χ3n) is 4.80. The number of hydrogen-bond donors (Lipinski definition) is 3. The number of nitrogens with zero attached hydrogens (tertiary/aromatic N) is 2. The van der Waals surface area contributed by atoms with Gasteiger partial charge in [-0.05, 0) is 50.1 Å². The monoisotopic (exact) mass is 361 g/mol. The van der Waals surface area contributed by atoms with Gasteiger partial charge in [-0.3, -0.25) is 4.79 Å². The Morgan fingerprint density at radius 2 is 1.88 bits per heavy atom. The van der Waals surface area contributed by atoms with Gasteiger partial charge in [-0.15, -0.1) is 0 Å². The van der Waals surface area contributed by atoms with Crippen molar-refractivity contribution in [2.45, 2.75) is 33.1 Å². The molecule has 1 heterocycles. The third-order valence-corrected chi connectivity index (χ3v) is 4.80.